The fourth-order valence-electron chi connectivity index (χ4n) is 1.88. The molecular formula is C13H19N. The minimum absolute atomic E-state index is 0.363. The molecule has 0 fully saturated rings. The summed E-state index contributed by atoms with van der Waals surface area (Å²) in [5.74, 6) is 0.527. The maximum Gasteiger partial charge on any atom is 0.0313 e. The van der Waals surface area contributed by atoms with E-state index in [0.717, 1.165) is 6.42 Å². The fourth-order valence-corrected chi connectivity index (χ4v) is 1.88. The van der Waals surface area contributed by atoms with Crippen LogP contribution in [0.4, 0.5) is 0 Å². The summed E-state index contributed by atoms with van der Waals surface area (Å²) in [6.07, 6.45) is 3.11. The largest absolute Gasteiger partial charge is 0.313 e. The molecule has 0 bridgehead atoms. The summed E-state index contributed by atoms with van der Waals surface area (Å²) >= 11 is 0. The van der Waals surface area contributed by atoms with Crippen LogP contribution in [0, 0.1) is 0 Å². The van der Waals surface area contributed by atoms with Crippen molar-refractivity contribution in [3.8, 4) is 0 Å². The van der Waals surface area contributed by atoms with Crippen LogP contribution in [0.25, 0.3) is 0 Å². The fraction of sp³-hybridized carbons (Fsp3) is 0.385. The lowest BCUT2D eigenvalue weighted by Gasteiger charge is -2.23. The Morgan fingerprint density at radius 3 is 2.43 bits per heavy atom. The van der Waals surface area contributed by atoms with Crippen molar-refractivity contribution in [2.45, 2.75) is 25.3 Å². The van der Waals surface area contributed by atoms with Crippen LogP contribution in [0.15, 0.2) is 43.0 Å². The van der Waals surface area contributed by atoms with Gasteiger partial charge in [0.2, 0.25) is 0 Å². The van der Waals surface area contributed by atoms with Gasteiger partial charge in [0.15, 0.2) is 0 Å². The zero-order valence-corrected chi connectivity index (χ0v) is 9.03. The third kappa shape index (κ3) is 2.46. The molecule has 0 saturated carbocycles. The van der Waals surface area contributed by atoms with Crippen molar-refractivity contribution >= 4 is 0 Å². The van der Waals surface area contributed by atoms with E-state index in [9.17, 15) is 0 Å². The van der Waals surface area contributed by atoms with E-state index in [4.69, 9.17) is 0 Å². The van der Waals surface area contributed by atoms with Crippen molar-refractivity contribution in [1.82, 2.24) is 5.32 Å². The highest BCUT2D eigenvalue weighted by Gasteiger charge is 2.16. The van der Waals surface area contributed by atoms with Crippen LogP contribution in [0.1, 0.15) is 24.8 Å². The highest BCUT2D eigenvalue weighted by molar-refractivity contribution is 5.22. The quantitative estimate of drug-likeness (QED) is 0.702. The van der Waals surface area contributed by atoms with Crippen LogP contribution in [-0.2, 0) is 0 Å². The van der Waals surface area contributed by atoms with Crippen molar-refractivity contribution in [1.29, 1.82) is 0 Å². The summed E-state index contributed by atoms with van der Waals surface area (Å²) in [6.45, 7) is 6.08. The van der Waals surface area contributed by atoms with Crippen molar-refractivity contribution in [2.24, 2.45) is 0 Å². The second kappa shape index (κ2) is 5.61. The van der Waals surface area contributed by atoms with Crippen LogP contribution < -0.4 is 5.32 Å². The first-order valence-electron chi connectivity index (χ1n) is 5.18. The predicted octanol–water partition coefficient (Wildman–Crippen LogP) is 2.95. The lowest BCUT2D eigenvalue weighted by molar-refractivity contribution is 0.523. The molecule has 1 N–H and O–H groups in total. The summed E-state index contributed by atoms with van der Waals surface area (Å²) in [5.41, 5.74) is 1.38. The summed E-state index contributed by atoms with van der Waals surface area (Å²) in [7, 11) is 1.98. The molecule has 1 heteroatoms. The normalized spacial score (nSPS) is 14.7. The summed E-state index contributed by atoms with van der Waals surface area (Å²) in [6, 6.07) is 11.0. The van der Waals surface area contributed by atoms with Gasteiger partial charge >= 0.3 is 0 Å². The van der Waals surface area contributed by atoms with Gasteiger partial charge in [-0.1, -0.05) is 43.3 Å². The van der Waals surface area contributed by atoms with Crippen LogP contribution in [0.2, 0.25) is 0 Å². The van der Waals surface area contributed by atoms with E-state index in [-0.39, 0.29) is 0 Å². The lowest BCUT2D eigenvalue weighted by Crippen LogP contribution is -2.29. The minimum Gasteiger partial charge on any atom is -0.313 e. The monoisotopic (exact) mass is 189 g/mol. The molecule has 0 aliphatic rings. The highest BCUT2D eigenvalue weighted by Crippen LogP contribution is 2.23. The molecule has 0 amide bonds. The van der Waals surface area contributed by atoms with E-state index in [1.54, 1.807) is 0 Å². The van der Waals surface area contributed by atoms with Gasteiger partial charge < -0.3 is 5.32 Å². The highest BCUT2D eigenvalue weighted by atomic mass is 14.9. The molecule has 0 radical (unpaired) electrons. The summed E-state index contributed by atoms with van der Waals surface area (Å²) in [5, 5.41) is 3.28. The predicted molar refractivity (Wildman–Crippen MR) is 62.5 cm³/mol. The Morgan fingerprint density at radius 2 is 2.00 bits per heavy atom. The molecule has 1 nitrogen and oxygen atoms in total. The van der Waals surface area contributed by atoms with E-state index in [0.29, 0.717) is 12.0 Å². The molecule has 0 aliphatic heterocycles. The molecule has 0 saturated heterocycles. The topological polar surface area (TPSA) is 12.0 Å². The third-order valence-electron chi connectivity index (χ3n) is 2.69. The molecule has 76 valence electrons. The molecule has 0 heterocycles. The lowest BCUT2D eigenvalue weighted by atomic mass is 9.89. The summed E-state index contributed by atoms with van der Waals surface area (Å²) < 4.78 is 0. The molecule has 1 aromatic carbocycles. The van der Waals surface area contributed by atoms with Gasteiger partial charge in [0.1, 0.15) is 0 Å². The Morgan fingerprint density at radius 1 is 1.36 bits per heavy atom. The van der Waals surface area contributed by atoms with Gasteiger partial charge in [0.05, 0.1) is 0 Å². The van der Waals surface area contributed by atoms with Crippen LogP contribution in [0.3, 0.4) is 0 Å². The van der Waals surface area contributed by atoms with Gasteiger partial charge in [-0.3, -0.25) is 0 Å². The second-order valence-corrected chi connectivity index (χ2v) is 3.48. The van der Waals surface area contributed by atoms with Gasteiger partial charge in [0.25, 0.3) is 0 Å². The zero-order chi connectivity index (χ0) is 10.4. The molecule has 0 aliphatic carbocycles. The Balaban J connectivity index is 2.86. The second-order valence-electron chi connectivity index (χ2n) is 3.48. The summed E-state index contributed by atoms with van der Waals surface area (Å²) in [4.78, 5) is 0. The van der Waals surface area contributed by atoms with Crippen LogP contribution in [0.5, 0.6) is 0 Å². The number of rotatable bonds is 5. The molecule has 0 spiro atoms. The average Bonchev–Trinajstić information content (AvgIpc) is 2.27. The zero-order valence-electron chi connectivity index (χ0n) is 9.03. The molecular weight excluding hydrogens is 170 g/mol. The Bertz CT molecular complexity index is 266. The van der Waals surface area contributed by atoms with Crippen molar-refractivity contribution in [2.75, 3.05) is 7.05 Å². The van der Waals surface area contributed by atoms with E-state index in [2.05, 4.69) is 49.2 Å². The van der Waals surface area contributed by atoms with Gasteiger partial charge in [-0.05, 0) is 19.0 Å². The molecule has 1 rings (SSSR count). The van der Waals surface area contributed by atoms with Crippen molar-refractivity contribution < 1.29 is 0 Å². The van der Waals surface area contributed by atoms with Crippen molar-refractivity contribution in [3.63, 3.8) is 0 Å². The van der Waals surface area contributed by atoms with E-state index in [1.807, 2.05) is 13.1 Å². The SMILES string of the molecule is C=CC(NC)C(CC)c1ccccc1. The third-order valence-corrected chi connectivity index (χ3v) is 2.69. The molecule has 14 heavy (non-hydrogen) atoms. The Hall–Kier alpha value is -1.08. The van der Waals surface area contributed by atoms with Crippen LogP contribution >= 0.6 is 0 Å². The van der Waals surface area contributed by atoms with Crippen molar-refractivity contribution in [3.05, 3.63) is 48.6 Å². The molecule has 0 aromatic heterocycles. The molecule has 2 atom stereocenters. The van der Waals surface area contributed by atoms with Gasteiger partial charge in [-0.15, -0.1) is 6.58 Å². The maximum absolute atomic E-state index is 3.86. The Kier molecular flexibility index (Phi) is 4.41. The van der Waals surface area contributed by atoms with Gasteiger partial charge in [-0.25, -0.2) is 0 Å². The van der Waals surface area contributed by atoms with Gasteiger partial charge in [0, 0.05) is 12.0 Å². The van der Waals surface area contributed by atoms with Gasteiger partial charge in [-0.2, -0.15) is 0 Å². The maximum atomic E-state index is 3.86. The number of nitrogens with one attached hydrogen (secondary N) is 1. The average molecular weight is 189 g/mol. The van der Waals surface area contributed by atoms with E-state index >= 15 is 0 Å². The number of likely N-dealkylation sites (N-methyl/N-ethyl adjacent to an activating group) is 1. The first-order chi connectivity index (χ1) is 6.83. The minimum atomic E-state index is 0.363. The first kappa shape index (κ1) is 11.0. The number of benzene rings is 1. The van der Waals surface area contributed by atoms with Crippen LogP contribution in [-0.4, -0.2) is 13.1 Å². The smallest absolute Gasteiger partial charge is 0.0313 e. The number of hydrogen-bond acceptors (Lipinski definition) is 1. The van der Waals surface area contributed by atoms with E-state index < -0.39 is 0 Å². The molecule has 2 unspecified atom stereocenters. The Labute approximate surface area is 86.8 Å². The van der Waals surface area contributed by atoms with E-state index in [1.165, 1.54) is 5.56 Å². The molecule has 1 aromatic rings. The number of hydrogen-bond donors (Lipinski definition) is 1. The standard InChI is InChI=1S/C13H19N/c1-4-12(13(5-2)14-3)11-9-7-6-8-10-11/h5-10,12-14H,2,4H2,1,3H3. The first-order valence-corrected chi connectivity index (χ1v) is 5.18.